The van der Waals surface area contributed by atoms with Gasteiger partial charge in [0.2, 0.25) is 0 Å². The molecular weight excluding hydrogens is 470 g/mol. The molecule has 3 unspecified atom stereocenters. The van der Waals surface area contributed by atoms with Crippen LogP contribution < -0.4 is 15.2 Å². The number of nitrogens with two attached hydrogens (primary N) is 1. The Labute approximate surface area is 212 Å². The monoisotopic (exact) mass is 509 g/mol. The average molecular weight is 510 g/mol. The van der Waals surface area contributed by atoms with Gasteiger partial charge in [-0.2, -0.15) is 0 Å². The van der Waals surface area contributed by atoms with Gasteiger partial charge in [0.15, 0.2) is 11.5 Å². The highest BCUT2D eigenvalue weighted by molar-refractivity contribution is 5.77. The maximum Gasteiger partial charge on any atom is 0.509 e. The number of carbonyl (C=O) groups is 4. The molecule has 3 N–H and O–H groups in total. The normalized spacial score (nSPS) is 14.7. The third-order valence-corrected chi connectivity index (χ3v) is 5.36. The summed E-state index contributed by atoms with van der Waals surface area (Å²) in [5.74, 6) is -3.72. The molecule has 0 spiro atoms. The van der Waals surface area contributed by atoms with Crippen LogP contribution >= 0.6 is 0 Å². The summed E-state index contributed by atoms with van der Waals surface area (Å²) in [5, 5.41) is 9.68. The highest BCUT2D eigenvalue weighted by Crippen LogP contribution is 2.37. The predicted octanol–water partition coefficient (Wildman–Crippen LogP) is 4.57. The van der Waals surface area contributed by atoms with Gasteiger partial charge in [-0.05, 0) is 58.2 Å². The van der Waals surface area contributed by atoms with E-state index in [2.05, 4.69) is 0 Å². The molecule has 4 atom stereocenters. The number of esters is 2. The highest BCUT2D eigenvalue weighted by Gasteiger charge is 2.36. The predicted molar refractivity (Wildman–Crippen MR) is 132 cm³/mol. The van der Waals surface area contributed by atoms with E-state index in [4.69, 9.17) is 24.7 Å². The first-order valence-corrected chi connectivity index (χ1v) is 12.1. The Kier molecular flexibility index (Phi) is 11.9. The van der Waals surface area contributed by atoms with Crippen LogP contribution in [-0.2, 0) is 23.9 Å². The second-order valence-electron chi connectivity index (χ2n) is 9.69. The van der Waals surface area contributed by atoms with Gasteiger partial charge in [0, 0.05) is 24.7 Å². The largest absolute Gasteiger partial charge is 0.509 e. The molecular formula is C26H39NO9. The van der Waals surface area contributed by atoms with Gasteiger partial charge in [-0.25, -0.2) is 4.79 Å². The zero-order chi connectivity index (χ0) is 27.6. The van der Waals surface area contributed by atoms with Crippen molar-refractivity contribution in [2.24, 2.45) is 11.7 Å². The van der Waals surface area contributed by atoms with Gasteiger partial charge in [-0.3, -0.25) is 14.4 Å². The Balaban J connectivity index is 3.39. The molecule has 10 nitrogen and oxygen atoms in total. The zero-order valence-electron chi connectivity index (χ0n) is 22.2. The molecule has 202 valence electrons. The number of aliphatic carboxylic acids is 1. The summed E-state index contributed by atoms with van der Waals surface area (Å²) in [6.07, 6.45) is -0.230. The van der Waals surface area contributed by atoms with E-state index in [1.54, 1.807) is 40.7 Å². The van der Waals surface area contributed by atoms with Crippen molar-refractivity contribution in [3.63, 3.8) is 0 Å². The summed E-state index contributed by atoms with van der Waals surface area (Å²) in [5.41, 5.74) is 5.70. The van der Waals surface area contributed by atoms with Crippen LogP contribution in [0.15, 0.2) is 18.2 Å². The molecule has 1 aromatic rings. The van der Waals surface area contributed by atoms with Crippen molar-refractivity contribution in [1.29, 1.82) is 0 Å². The van der Waals surface area contributed by atoms with Gasteiger partial charge in [0.25, 0.3) is 0 Å². The minimum atomic E-state index is -1.38. The SMILES string of the molecule is CCCC(=O)Oc1ccc(C(C(C)C(C)OC(=O)OC(C)(C)C)[C@H](N)C(=O)O)cc1OC(=O)CCC. The fraction of sp³-hybridized carbons (Fsp3) is 0.615. The van der Waals surface area contributed by atoms with E-state index in [0.29, 0.717) is 18.4 Å². The first-order chi connectivity index (χ1) is 16.7. The zero-order valence-corrected chi connectivity index (χ0v) is 22.2. The lowest BCUT2D eigenvalue weighted by Crippen LogP contribution is -2.43. The summed E-state index contributed by atoms with van der Waals surface area (Å²) >= 11 is 0. The number of carboxylic acid groups (broad SMARTS) is 1. The molecule has 0 radical (unpaired) electrons. The molecule has 36 heavy (non-hydrogen) atoms. The van der Waals surface area contributed by atoms with Crippen LogP contribution in [0.25, 0.3) is 0 Å². The minimum Gasteiger partial charge on any atom is -0.480 e. The second kappa shape index (κ2) is 13.8. The Morgan fingerprint density at radius 3 is 1.94 bits per heavy atom. The van der Waals surface area contributed by atoms with Crippen LogP contribution in [-0.4, -0.2) is 46.9 Å². The molecule has 0 heterocycles. The molecule has 0 aliphatic rings. The third-order valence-electron chi connectivity index (χ3n) is 5.36. The Morgan fingerprint density at radius 1 is 0.944 bits per heavy atom. The Morgan fingerprint density at radius 2 is 1.47 bits per heavy atom. The summed E-state index contributed by atoms with van der Waals surface area (Å²) < 4.78 is 21.4. The maximum absolute atomic E-state index is 12.2. The average Bonchev–Trinajstić information content (AvgIpc) is 2.74. The van der Waals surface area contributed by atoms with Gasteiger partial charge in [-0.1, -0.05) is 26.8 Å². The molecule has 0 aromatic heterocycles. The van der Waals surface area contributed by atoms with E-state index in [9.17, 15) is 24.3 Å². The first-order valence-electron chi connectivity index (χ1n) is 12.1. The number of hydrogen-bond acceptors (Lipinski definition) is 9. The molecule has 0 saturated carbocycles. The van der Waals surface area contributed by atoms with Crippen LogP contribution in [0.2, 0.25) is 0 Å². The molecule has 0 saturated heterocycles. The van der Waals surface area contributed by atoms with Crippen molar-refractivity contribution >= 4 is 24.1 Å². The smallest absolute Gasteiger partial charge is 0.480 e. The van der Waals surface area contributed by atoms with E-state index in [1.165, 1.54) is 12.1 Å². The van der Waals surface area contributed by atoms with Gasteiger partial charge in [0.05, 0.1) is 0 Å². The number of carbonyl (C=O) groups excluding carboxylic acids is 3. The minimum absolute atomic E-state index is 0.0223. The lowest BCUT2D eigenvalue weighted by Gasteiger charge is -2.32. The van der Waals surface area contributed by atoms with Crippen molar-refractivity contribution < 1.29 is 43.2 Å². The van der Waals surface area contributed by atoms with Crippen LogP contribution in [0.4, 0.5) is 4.79 Å². The molecule has 0 aliphatic carbocycles. The van der Waals surface area contributed by atoms with E-state index in [0.717, 1.165) is 0 Å². The second-order valence-corrected chi connectivity index (χ2v) is 9.69. The summed E-state index contributed by atoms with van der Waals surface area (Å²) in [6, 6.07) is 3.05. The lowest BCUT2D eigenvalue weighted by molar-refractivity contribution is -0.140. The van der Waals surface area contributed by atoms with E-state index >= 15 is 0 Å². The number of hydrogen-bond donors (Lipinski definition) is 2. The highest BCUT2D eigenvalue weighted by atomic mass is 16.7. The Bertz CT molecular complexity index is 922. The van der Waals surface area contributed by atoms with Crippen molar-refractivity contribution in [3.05, 3.63) is 23.8 Å². The van der Waals surface area contributed by atoms with Gasteiger partial charge in [0.1, 0.15) is 17.7 Å². The number of carboxylic acids is 1. The van der Waals surface area contributed by atoms with Gasteiger partial charge < -0.3 is 29.8 Å². The molecule has 0 fully saturated rings. The van der Waals surface area contributed by atoms with Gasteiger partial charge in [-0.15, -0.1) is 0 Å². The van der Waals surface area contributed by atoms with E-state index in [1.807, 2.05) is 13.8 Å². The molecule has 1 rings (SSSR count). The molecule has 0 aliphatic heterocycles. The Hall–Kier alpha value is -3.14. The third kappa shape index (κ3) is 9.85. The van der Waals surface area contributed by atoms with Crippen molar-refractivity contribution in [2.45, 2.75) is 97.8 Å². The quantitative estimate of drug-likeness (QED) is 0.303. The van der Waals surface area contributed by atoms with Crippen LogP contribution in [0.1, 0.15) is 85.6 Å². The van der Waals surface area contributed by atoms with Crippen LogP contribution in [0.3, 0.4) is 0 Å². The first kappa shape index (κ1) is 30.9. The van der Waals surface area contributed by atoms with E-state index < -0.39 is 53.6 Å². The lowest BCUT2D eigenvalue weighted by atomic mass is 9.79. The standard InChI is InChI=1S/C26H39NO9/c1-8-10-20(28)34-18-13-12-17(14-19(18)35-21(29)11-9-2)22(23(27)24(30)31)15(3)16(4)33-25(32)36-26(5,6)7/h12-16,22-23H,8-11,27H2,1-7H3,(H,30,31)/t15?,16?,22?,23-/m0/s1. The number of benzene rings is 1. The topological polar surface area (TPSA) is 151 Å². The fourth-order valence-corrected chi connectivity index (χ4v) is 3.47. The number of rotatable bonds is 12. The number of ether oxygens (including phenoxy) is 4. The van der Waals surface area contributed by atoms with E-state index in [-0.39, 0.29) is 24.3 Å². The van der Waals surface area contributed by atoms with Crippen molar-refractivity contribution in [3.8, 4) is 11.5 Å². The van der Waals surface area contributed by atoms with Crippen molar-refractivity contribution in [1.82, 2.24) is 0 Å². The molecule has 10 heteroatoms. The van der Waals surface area contributed by atoms with Crippen molar-refractivity contribution in [2.75, 3.05) is 0 Å². The van der Waals surface area contributed by atoms with Crippen LogP contribution in [0.5, 0.6) is 11.5 Å². The summed E-state index contributed by atoms with van der Waals surface area (Å²) in [4.78, 5) is 48.3. The summed E-state index contributed by atoms with van der Waals surface area (Å²) in [7, 11) is 0. The van der Waals surface area contributed by atoms with Gasteiger partial charge >= 0.3 is 24.1 Å². The molecule has 0 amide bonds. The fourth-order valence-electron chi connectivity index (χ4n) is 3.47. The molecule has 0 bridgehead atoms. The van der Waals surface area contributed by atoms with Crippen LogP contribution in [0, 0.1) is 5.92 Å². The summed E-state index contributed by atoms with van der Waals surface area (Å²) in [6.45, 7) is 12.0. The molecule has 1 aromatic carbocycles. The maximum atomic E-state index is 12.2.